The van der Waals surface area contributed by atoms with E-state index in [1.165, 1.54) is 6.26 Å². The fourth-order valence-corrected chi connectivity index (χ4v) is 2.32. The molecule has 0 saturated heterocycles. The molecule has 0 saturated carbocycles. The molecule has 122 valence electrons. The lowest BCUT2D eigenvalue weighted by Gasteiger charge is -2.36. The number of anilines is 1. The molecule has 2 heterocycles. The zero-order valence-electron chi connectivity index (χ0n) is 12.3. The summed E-state index contributed by atoms with van der Waals surface area (Å²) < 4.78 is 5.33. The van der Waals surface area contributed by atoms with Gasteiger partial charge in [0.2, 0.25) is 0 Å². The third-order valence-electron chi connectivity index (χ3n) is 3.35. The fourth-order valence-electron chi connectivity index (χ4n) is 2.32. The number of fused-ring (bicyclic) bond motifs is 1. The Morgan fingerprint density at radius 2 is 2.00 bits per heavy atom. The first-order chi connectivity index (χ1) is 11.6. The van der Waals surface area contributed by atoms with Crippen molar-refractivity contribution in [1.29, 1.82) is 0 Å². The molecular weight excluding hydrogens is 314 g/mol. The van der Waals surface area contributed by atoms with Gasteiger partial charge in [-0.2, -0.15) is 0 Å². The van der Waals surface area contributed by atoms with E-state index in [2.05, 4.69) is 10.7 Å². The van der Waals surface area contributed by atoms with E-state index in [0.717, 1.165) is 11.1 Å². The van der Waals surface area contributed by atoms with Crippen molar-refractivity contribution in [3.63, 3.8) is 0 Å². The summed E-state index contributed by atoms with van der Waals surface area (Å²) in [7, 11) is 0. The summed E-state index contributed by atoms with van der Waals surface area (Å²) in [5.41, 5.74) is 3.36. The first-order valence-electron chi connectivity index (χ1n) is 7.00. The lowest BCUT2D eigenvalue weighted by atomic mass is 10.1. The first-order valence-corrected chi connectivity index (χ1v) is 7.00. The Hall–Kier alpha value is -3.55. The molecule has 24 heavy (non-hydrogen) atoms. The molecule has 8 heteroatoms. The van der Waals surface area contributed by atoms with Crippen LogP contribution in [0.1, 0.15) is 22.3 Å². The molecule has 2 amide bonds. The Morgan fingerprint density at radius 3 is 2.71 bits per heavy atom. The SMILES string of the molecule is O=C(O)/C=C/C(=O)NN1C(=O)c2ccccc2N[C@H]1c1ccco1. The summed E-state index contributed by atoms with van der Waals surface area (Å²) >= 11 is 0. The van der Waals surface area contributed by atoms with Gasteiger partial charge in [-0.05, 0) is 24.3 Å². The first kappa shape index (κ1) is 15.3. The minimum Gasteiger partial charge on any atom is -0.478 e. The highest BCUT2D eigenvalue weighted by atomic mass is 16.4. The second-order valence-corrected chi connectivity index (χ2v) is 4.93. The molecule has 0 radical (unpaired) electrons. The van der Waals surface area contributed by atoms with Crippen LogP contribution >= 0.6 is 0 Å². The van der Waals surface area contributed by atoms with E-state index in [4.69, 9.17) is 9.52 Å². The van der Waals surface area contributed by atoms with Gasteiger partial charge in [-0.15, -0.1) is 0 Å². The quantitative estimate of drug-likeness (QED) is 0.734. The summed E-state index contributed by atoms with van der Waals surface area (Å²) in [6, 6.07) is 10.2. The van der Waals surface area contributed by atoms with Crippen LogP contribution in [0.3, 0.4) is 0 Å². The average molecular weight is 327 g/mol. The predicted octanol–water partition coefficient (Wildman–Crippen LogP) is 1.52. The number of furan rings is 1. The molecule has 0 bridgehead atoms. The van der Waals surface area contributed by atoms with Gasteiger partial charge in [-0.3, -0.25) is 15.0 Å². The molecule has 2 aromatic rings. The number of para-hydroxylation sites is 1. The summed E-state index contributed by atoms with van der Waals surface area (Å²) in [4.78, 5) is 35.1. The highest BCUT2D eigenvalue weighted by molar-refractivity contribution is 6.03. The number of benzene rings is 1. The fraction of sp³-hybridized carbons (Fsp3) is 0.0625. The van der Waals surface area contributed by atoms with Crippen LogP contribution in [-0.2, 0) is 9.59 Å². The summed E-state index contributed by atoms with van der Waals surface area (Å²) in [6.07, 6.45) is 2.21. The normalized spacial score (nSPS) is 16.6. The lowest BCUT2D eigenvalue weighted by molar-refractivity contribution is -0.131. The molecule has 0 aliphatic carbocycles. The van der Waals surface area contributed by atoms with Crippen LogP contribution in [0.4, 0.5) is 5.69 Å². The Kier molecular flexibility index (Phi) is 4.02. The van der Waals surface area contributed by atoms with Crippen molar-refractivity contribution in [1.82, 2.24) is 10.4 Å². The maximum Gasteiger partial charge on any atom is 0.328 e. The zero-order valence-corrected chi connectivity index (χ0v) is 12.3. The third-order valence-corrected chi connectivity index (χ3v) is 3.35. The van der Waals surface area contributed by atoms with Crippen LogP contribution in [0.5, 0.6) is 0 Å². The number of carboxylic acids is 1. The largest absolute Gasteiger partial charge is 0.478 e. The van der Waals surface area contributed by atoms with Gasteiger partial charge in [0.25, 0.3) is 11.8 Å². The topological polar surface area (TPSA) is 112 Å². The molecule has 3 rings (SSSR count). The van der Waals surface area contributed by atoms with Gasteiger partial charge in [0.15, 0.2) is 6.17 Å². The van der Waals surface area contributed by atoms with Crippen molar-refractivity contribution < 1.29 is 23.9 Å². The van der Waals surface area contributed by atoms with Crippen molar-refractivity contribution in [3.8, 4) is 0 Å². The molecule has 1 aromatic heterocycles. The minimum atomic E-state index is -1.26. The molecule has 1 atom stereocenters. The van der Waals surface area contributed by atoms with E-state index in [1.54, 1.807) is 36.4 Å². The van der Waals surface area contributed by atoms with Gasteiger partial charge >= 0.3 is 5.97 Å². The molecular formula is C16H13N3O5. The van der Waals surface area contributed by atoms with Crippen LogP contribution in [-0.4, -0.2) is 27.9 Å². The van der Waals surface area contributed by atoms with Crippen molar-refractivity contribution in [2.45, 2.75) is 6.17 Å². The molecule has 1 aromatic carbocycles. The summed E-state index contributed by atoms with van der Waals surface area (Å²) in [5, 5.41) is 12.7. The monoisotopic (exact) mass is 327 g/mol. The van der Waals surface area contributed by atoms with E-state index in [-0.39, 0.29) is 0 Å². The van der Waals surface area contributed by atoms with Gasteiger partial charge < -0.3 is 14.8 Å². The smallest absolute Gasteiger partial charge is 0.328 e. The Labute approximate surface area is 136 Å². The van der Waals surface area contributed by atoms with E-state index in [9.17, 15) is 14.4 Å². The molecule has 3 N–H and O–H groups in total. The van der Waals surface area contributed by atoms with Gasteiger partial charge in [0, 0.05) is 17.8 Å². The van der Waals surface area contributed by atoms with Crippen molar-refractivity contribution in [2.75, 3.05) is 5.32 Å². The van der Waals surface area contributed by atoms with Gasteiger partial charge in [-0.25, -0.2) is 9.80 Å². The highest BCUT2D eigenvalue weighted by Crippen LogP contribution is 2.31. The van der Waals surface area contributed by atoms with E-state index in [0.29, 0.717) is 23.1 Å². The van der Waals surface area contributed by atoms with Crippen molar-refractivity contribution in [3.05, 3.63) is 66.1 Å². The number of amides is 2. The van der Waals surface area contributed by atoms with Gasteiger partial charge in [0.05, 0.1) is 11.8 Å². The second kappa shape index (κ2) is 6.29. The number of aliphatic carboxylic acids is 1. The number of rotatable bonds is 4. The second-order valence-electron chi connectivity index (χ2n) is 4.93. The summed E-state index contributed by atoms with van der Waals surface area (Å²) in [6.45, 7) is 0. The van der Waals surface area contributed by atoms with Crippen LogP contribution < -0.4 is 10.7 Å². The van der Waals surface area contributed by atoms with Crippen molar-refractivity contribution >= 4 is 23.5 Å². The van der Waals surface area contributed by atoms with Crippen LogP contribution in [0.2, 0.25) is 0 Å². The van der Waals surface area contributed by atoms with Gasteiger partial charge in [0.1, 0.15) is 5.76 Å². The number of hydrogen-bond donors (Lipinski definition) is 3. The maximum absolute atomic E-state index is 12.7. The zero-order chi connectivity index (χ0) is 17.1. The third kappa shape index (κ3) is 2.98. The minimum absolute atomic E-state index is 0.378. The molecule has 1 aliphatic heterocycles. The molecule has 1 aliphatic rings. The average Bonchev–Trinajstić information content (AvgIpc) is 3.10. The predicted molar refractivity (Wildman–Crippen MR) is 82.6 cm³/mol. The number of hydrogen-bond acceptors (Lipinski definition) is 5. The Balaban J connectivity index is 1.92. The van der Waals surface area contributed by atoms with Gasteiger partial charge in [-0.1, -0.05) is 12.1 Å². The standard InChI is InChI=1S/C16H13N3O5/c20-13(7-8-14(21)22)18-19-15(12-6-3-9-24-12)17-11-5-2-1-4-10(11)16(19)23/h1-9,15,17H,(H,18,20)(H,21,22)/b8-7+/t15-/m1/s1. The number of hydrazine groups is 1. The molecule has 0 spiro atoms. The number of nitrogens with zero attached hydrogens (tertiary/aromatic N) is 1. The number of carboxylic acid groups (broad SMARTS) is 1. The van der Waals surface area contributed by atoms with Crippen LogP contribution in [0.15, 0.2) is 59.2 Å². The van der Waals surface area contributed by atoms with Crippen LogP contribution in [0.25, 0.3) is 0 Å². The molecule has 8 nitrogen and oxygen atoms in total. The molecule has 0 fully saturated rings. The number of carbonyl (C=O) groups is 3. The van der Waals surface area contributed by atoms with E-state index in [1.807, 2.05) is 0 Å². The van der Waals surface area contributed by atoms with Crippen LogP contribution in [0, 0.1) is 0 Å². The Bertz CT molecular complexity index is 813. The highest BCUT2D eigenvalue weighted by Gasteiger charge is 2.35. The number of nitrogens with one attached hydrogen (secondary N) is 2. The number of carbonyl (C=O) groups excluding carboxylic acids is 2. The molecule has 0 unspecified atom stereocenters. The summed E-state index contributed by atoms with van der Waals surface area (Å²) in [5.74, 6) is -2.03. The Morgan fingerprint density at radius 1 is 1.21 bits per heavy atom. The lowest BCUT2D eigenvalue weighted by Crippen LogP contribution is -2.52. The van der Waals surface area contributed by atoms with E-state index >= 15 is 0 Å². The van der Waals surface area contributed by atoms with Crippen molar-refractivity contribution in [2.24, 2.45) is 0 Å². The van der Waals surface area contributed by atoms with E-state index < -0.39 is 23.9 Å². The maximum atomic E-state index is 12.7.